The number of carboxylic acid groups (broad SMARTS) is 1. The van der Waals surface area contributed by atoms with Crippen LogP contribution >= 0.6 is 11.6 Å². The SMILES string of the molecule is CC(C)Nc1cc(Cl)ncc1C(=O)Nc1cnn(CC(C)(C)CC(=O)O)c1. The van der Waals surface area contributed by atoms with Gasteiger partial charge in [0, 0.05) is 25.0 Å². The minimum atomic E-state index is -0.860. The molecule has 0 aromatic carbocycles. The normalized spacial score (nSPS) is 11.5. The molecule has 0 saturated carbocycles. The van der Waals surface area contributed by atoms with Crippen LogP contribution in [-0.4, -0.2) is 37.8 Å². The third-order valence-electron chi connectivity index (χ3n) is 3.67. The van der Waals surface area contributed by atoms with Crippen LogP contribution < -0.4 is 10.6 Å². The molecule has 0 aliphatic heterocycles. The van der Waals surface area contributed by atoms with Crippen molar-refractivity contribution in [2.75, 3.05) is 10.6 Å². The van der Waals surface area contributed by atoms with Gasteiger partial charge in [0.1, 0.15) is 5.15 Å². The lowest BCUT2D eigenvalue weighted by Crippen LogP contribution is -2.23. The summed E-state index contributed by atoms with van der Waals surface area (Å²) in [5.74, 6) is -1.20. The molecule has 0 atom stereocenters. The summed E-state index contributed by atoms with van der Waals surface area (Å²) in [4.78, 5) is 27.5. The Kier molecular flexibility index (Phi) is 6.43. The number of aliphatic carboxylic acids is 1. The number of amides is 1. The molecule has 0 spiro atoms. The van der Waals surface area contributed by atoms with Crippen LogP contribution in [0.15, 0.2) is 24.7 Å². The van der Waals surface area contributed by atoms with E-state index < -0.39 is 11.4 Å². The van der Waals surface area contributed by atoms with Crippen molar-refractivity contribution in [2.24, 2.45) is 5.41 Å². The highest BCUT2D eigenvalue weighted by atomic mass is 35.5. The molecule has 8 nitrogen and oxygen atoms in total. The third-order valence-corrected chi connectivity index (χ3v) is 3.88. The number of hydrogen-bond donors (Lipinski definition) is 3. The van der Waals surface area contributed by atoms with Gasteiger partial charge in [-0.1, -0.05) is 25.4 Å². The standard InChI is InChI=1S/C18H24ClN5O3/c1-11(2)22-14-5-15(19)20-8-13(14)17(27)23-12-7-21-24(9-12)10-18(3,4)6-16(25)26/h5,7-9,11H,6,10H2,1-4H3,(H,20,22)(H,23,27)(H,25,26). The first-order chi connectivity index (χ1) is 12.6. The molecule has 0 saturated heterocycles. The van der Waals surface area contributed by atoms with Crippen LogP contribution in [0.5, 0.6) is 0 Å². The molecule has 0 bridgehead atoms. The summed E-state index contributed by atoms with van der Waals surface area (Å²) in [7, 11) is 0. The molecule has 2 rings (SSSR count). The quantitative estimate of drug-likeness (QED) is 0.592. The highest BCUT2D eigenvalue weighted by Crippen LogP contribution is 2.24. The summed E-state index contributed by atoms with van der Waals surface area (Å²) in [6.07, 6.45) is 4.63. The van der Waals surface area contributed by atoms with Crippen LogP contribution in [-0.2, 0) is 11.3 Å². The topological polar surface area (TPSA) is 109 Å². The maximum absolute atomic E-state index is 12.6. The van der Waals surface area contributed by atoms with E-state index >= 15 is 0 Å². The zero-order valence-electron chi connectivity index (χ0n) is 15.8. The number of anilines is 2. The average molecular weight is 394 g/mol. The summed E-state index contributed by atoms with van der Waals surface area (Å²) in [6, 6.07) is 1.73. The summed E-state index contributed by atoms with van der Waals surface area (Å²) in [5.41, 5.74) is 1.01. The summed E-state index contributed by atoms with van der Waals surface area (Å²) < 4.78 is 1.62. The second-order valence-corrected chi connectivity index (χ2v) is 7.85. The summed E-state index contributed by atoms with van der Waals surface area (Å²) in [5, 5.41) is 19.4. The van der Waals surface area contributed by atoms with Crippen LogP contribution in [0.1, 0.15) is 44.5 Å². The van der Waals surface area contributed by atoms with Gasteiger partial charge in [-0.15, -0.1) is 0 Å². The van der Waals surface area contributed by atoms with Crippen LogP contribution in [0.25, 0.3) is 0 Å². The fourth-order valence-electron chi connectivity index (χ4n) is 2.66. The Balaban J connectivity index is 2.11. The molecule has 0 unspecified atom stereocenters. The van der Waals surface area contributed by atoms with Gasteiger partial charge in [-0.3, -0.25) is 14.3 Å². The molecule has 146 valence electrons. The van der Waals surface area contributed by atoms with E-state index in [0.29, 0.717) is 28.6 Å². The number of halogens is 1. The Hall–Kier alpha value is -2.61. The maximum atomic E-state index is 12.6. The number of rotatable bonds is 8. The minimum absolute atomic E-state index is 0.0230. The van der Waals surface area contributed by atoms with Crippen LogP contribution in [0.2, 0.25) is 5.15 Å². The van der Waals surface area contributed by atoms with E-state index in [1.807, 2.05) is 27.7 Å². The van der Waals surface area contributed by atoms with Gasteiger partial charge in [0.05, 0.1) is 29.6 Å². The highest BCUT2D eigenvalue weighted by molar-refractivity contribution is 6.29. The highest BCUT2D eigenvalue weighted by Gasteiger charge is 2.23. The van der Waals surface area contributed by atoms with Crippen molar-refractivity contribution in [3.05, 3.63) is 35.4 Å². The number of carboxylic acids is 1. The Labute approximate surface area is 162 Å². The number of carbonyl (C=O) groups excluding carboxylic acids is 1. The number of nitrogens with zero attached hydrogens (tertiary/aromatic N) is 3. The molecule has 0 radical (unpaired) electrons. The number of hydrogen-bond acceptors (Lipinski definition) is 5. The van der Waals surface area contributed by atoms with E-state index in [2.05, 4.69) is 20.7 Å². The lowest BCUT2D eigenvalue weighted by molar-refractivity contribution is -0.139. The second-order valence-electron chi connectivity index (χ2n) is 7.47. The second kappa shape index (κ2) is 8.39. The average Bonchev–Trinajstić information content (AvgIpc) is 2.91. The molecule has 1 amide bonds. The van der Waals surface area contributed by atoms with Gasteiger partial charge in [-0.05, 0) is 25.3 Å². The Morgan fingerprint density at radius 2 is 2.04 bits per heavy atom. The van der Waals surface area contributed by atoms with Gasteiger partial charge in [-0.25, -0.2) is 4.98 Å². The molecule has 3 N–H and O–H groups in total. The Morgan fingerprint density at radius 1 is 1.33 bits per heavy atom. The lowest BCUT2D eigenvalue weighted by atomic mass is 9.89. The first kappa shape index (κ1) is 20.7. The van der Waals surface area contributed by atoms with Crippen molar-refractivity contribution < 1.29 is 14.7 Å². The molecule has 27 heavy (non-hydrogen) atoms. The minimum Gasteiger partial charge on any atom is -0.481 e. The maximum Gasteiger partial charge on any atom is 0.303 e. The van der Waals surface area contributed by atoms with E-state index in [9.17, 15) is 9.59 Å². The molecule has 2 aromatic rings. The van der Waals surface area contributed by atoms with Gasteiger partial charge in [0.15, 0.2) is 0 Å². The van der Waals surface area contributed by atoms with E-state index in [1.54, 1.807) is 16.9 Å². The zero-order chi connectivity index (χ0) is 20.2. The van der Waals surface area contributed by atoms with E-state index in [0.717, 1.165) is 0 Å². The number of pyridine rings is 1. The van der Waals surface area contributed by atoms with Gasteiger partial charge in [0.2, 0.25) is 0 Å². The van der Waals surface area contributed by atoms with Crippen molar-refractivity contribution in [3.8, 4) is 0 Å². The number of nitrogens with one attached hydrogen (secondary N) is 2. The zero-order valence-corrected chi connectivity index (χ0v) is 16.5. The predicted molar refractivity (Wildman–Crippen MR) is 104 cm³/mol. The first-order valence-corrected chi connectivity index (χ1v) is 8.91. The van der Waals surface area contributed by atoms with Gasteiger partial charge in [-0.2, -0.15) is 5.10 Å². The van der Waals surface area contributed by atoms with Crippen LogP contribution in [0.3, 0.4) is 0 Å². The van der Waals surface area contributed by atoms with E-state index in [1.165, 1.54) is 12.4 Å². The first-order valence-electron chi connectivity index (χ1n) is 8.53. The van der Waals surface area contributed by atoms with Crippen molar-refractivity contribution in [1.82, 2.24) is 14.8 Å². The van der Waals surface area contributed by atoms with E-state index in [-0.39, 0.29) is 18.4 Å². The van der Waals surface area contributed by atoms with E-state index in [4.69, 9.17) is 16.7 Å². The Morgan fingerprint density at radius 3 is 2.67 bits per heavy atom. The Bertz CT molecular complexity index is 832. The van der Waals surface area contributed by atoms with Crippen molar-refractivity contribution in [1.29, 1.82) is 0 Å². The summed E-state index contributed by atoms with van der Waals surface area (Å²) in [6.45, 7) is 8.03. The molecular weight excluding hydrogens is 370 g/mol. The smallest absolute Gasteiger partial charge is 0.303 e. The van der Waals surface area contributed by atoms with Crippen molar-refractivity contribution >= 4 is 34.9 Å². The molecule has 0 aliphatic rings. The molecule has 2 heterocycles. The molecule has 0 fully saturated rings. The largest absolute Gasteiger partial charge is 0.481 e. The predicted octanol–water partition coefficient (Wildman–Crippen LogP) is 3.51. The molecular formula is C18H24ClN5O3. The fraction of sp³-hybridized carbons (Fsp3) is 0.444. The molecule has 9 heteroatoms. The third kappa shape index (κ3) is 6.25. The fourth-order valence-corrected chi connectivity index (χ4v) is 2.82. The van der Waals surface area contributed by atoms with Crippen molar-refractivity contribution in [2.45, 2.75) is 46.7 Å². The molecule has 0 aliphatic carbocycles. The van der Waals surface area contributed by atoms with Crippen molar-refractivity contribution in [3.63, 3.8) is 0 Å². The van der Waals surface area contributed by atoms with Crippen LogP contribution in [0.4, 0.5) is 11.4 Å². The molecule has 2 aromatic heterocycles. The van der Waals surface area contributed by atoms with Crippen LogP contribution in [0, 0.1) is 5.41 Å². The van der Waals surface area contributed by atoms with Gasteiger partial charge in [0.25, 0.3) is 5.91 Å². The van der Waals surface area contributed by atoms with Gasteiger partial charge >= 0.3 is 5.97 Å². The van der Waals surface area contributed by atoms with Gasteiger partial charge < -0.3 is 15.7 Å². The number of carbonyl (C=O) groups is 2. The summed E-state index contributed by atoms with van der Waals surface area (Å²) >= 11 is 5.93. The lowest BCUT2D eigenvalue weighted by Gasteiger charge is -2.21. The number of aromatic nitrogens is 3. The monoisotopic (exact) mass is 393 g/mol.